The number of rotatable bonds is 11. The quantitative estimate of drug-likeness (QED) is 0.215. The van der Waals surface area contributed by atoms with E-state index in [-0.39, 0.29) is 30.8 Å². The number of hydrogen-bond donors (Lipinski definition) is 0. The van der Waals surface area contributed by atoms with E-state index in [1.165, 1.54) is 10.5 Å². The third-order valence-corrected chi connectivity index (χ3v) is 5.28. The summed E-state index contributed by atoms with van der Waals surface area (Å²) in [6, 6.07) is 11.7. The number of esters is 1. The van der Waals surface area contributed by atoms with E-state index in [0.717, 1.165) is 29.5 Å². The summed E-state index contributed by atoms with van der Waals surface area (Å²) in [6.07, 6.45) is 4.87. The van der Waals surface area contributed by atoms with E-state index in [0.29, 0.717) is 23.5 Å². The molecule has 0 bridgehead atoms. The minimum absolute atomic E-state index is 0.0391. The van der Waals surface area contributed by atoms with Crippen molar-refractivity contribution in [2.45, 2.75) is 45.6 Å². The second kappa shape index (κ2) is 11.6. The molecule has 0 saturated carbocycles. The van der Waals surface area contributed by atoms with Crippen LogP contribution in [0.4, 0.5) is 0 Å². The van der Waals surface area contributed by atoms with Gasteiger partial charge in [0.25, 0.3) is 5.56 Å². The summed E-state index contributed by atoms with van der Waals surface area (Å²) in [5.74, 6) is 0.0578. The standard InChI is InChI=1S/C24H25BrN2O5/c1-2-3-4-13-31-20-8-5-17(6-9-20)21(28)10-12-24(30)32-16-19-14-23(29)27-15-18(25)7-11-22(27)26-19/h5-9,11,14-15H,2-4,10,12-13,16H2,1H3. The molecule has 2 aromatic heterocycles. The molecule has 0 saturated heterocycles. The van der Waals surface area contributed by atoms with Gasteiger partial charge < -0.3 is 9.47 Å². The molecule has 0 aliphatic heterocycles. The number of carbonyl (C=O) groups excluding carboxylic acids is 2. The average Bonchev–Trinajstić information content (AvgIpc) is 2.80. The molecule has 7 nitrogen and oxygen atoms in total. The van der Waals surface area contributed by atoms with Gasteiger partial charge in [-0.15, -0.1) is 0 Å². The van der Waals surface area contributed by atoms with Crippen LogP contribution in [0.15, 0.2) is 57.9 Å². The highest BCUT2D eigenvalue weighted by molar-refractivity contribution is 9.10. The maximum absolute atomic E-state index is 12.3. The summed E-state index contributed by atoms with van der Waals surface area (Å²) in [5, 5.41) is 0. The molecule has 3 aromatic rings. The van der Waals surface area contributed by atoms with E-state index in [2.05, 4.69) is 27.8 Å². The van der Waals surface area contributed by atoms with E-state index in [1.807, 2.05) is 0 Å². The first kappa shape index (κ1) is 23.7. The summed E-state index contributed by atoms with van der Waals surface area (Å²) in [4.78, 5) is 40.9. The Labute approximate surface area is 194 Å². The van der Waals surface area contributed by atoms with Gasteiger partial charge in [-0.2, -0.15) is 0 Å². The fraction of sp³-hybridized carbons (Fsp3) is 0.333. The maximum atomic E-state index is 12.3. The third-order valence-electron chi connectivity index (χ3n) is 4.81. The topological polar surface area (TPSA) is 87.0 Å². The number of hydrogen-bond acceptors (Lipinski definition) is 6. The van der Waals surface area contributed by atoms with Crippen molar-refractivity contribution >= 4 is 33.3 Å². The number of benzene rings is 1. The predicted octanol–water partition coefficient (Wildman–Crippen LogP) is 4.73. The molecule has 0 spiro atoms. The lowest BCUT2D eigenvalue weighted by Gasteiger charge is -2.07. The number of carbonyl (C=O) groups is 2. The molecule has 1 aromatic carbocycles. The first-order chi connectivity index (χ1) is 15.5. The Bertz CT molecular complexity index is 1140. The maximum Gasteiger partial charge on any atom is 0.306 e. The normalized spacial score (nSPS) is 10.8. The van der Waals surface area contributed by atoms with Crippen molar-refractivity contribution in [2.24, 2.45) is 0 Å². The zero-order chi connectivity index (χ0) is 22.9. The van der Waals surface area contributed by atoms with Crippen molar-refractivity contribution in [3.05, 3.63) is 74.7 Å². The van der Waals surface area contributed by atoms with E-state index in [4.69, 9.17) is 9.47 Å². The highest BCUT2D eigenvalue weighted by atomic mass is 79.9. The van der Waals surface area contributed by atoms with Crippen molar-refractivity contribution in [3.8, 4) is 5.75 Å². The lowest BCUT2D eigenvalue weighted by molar-refractivity contribution is -0.145. The molecule has 8 heteroatoms. The van der Waals surface area contributed by atoms with Gasteiger partial charge in [-0.25, -0.2) is 4.98 Å². The SMILES string of the molecule is CCCCCOc1ccc(C(=O)CCC(=O)OCc2cc(=O)n3cc(Br)ccc3n2)cc1. The third kappa shape index (κ3) is 6.75. The predicted molar refractivity (Wildman–Crippen MR) is 124 cm³/mol. The van der Waals surface area contributed by atoms with Crippen molar-refractivity contribution in [1.82, 2.24) is 9.38 Å². The highest BCUT2D eigenvalue weighted by Gasteiger charge is 2.12. The summed E-state index contributed by atoms with van der Waals surface area (Å²) >= 11 is 3.31. The number of unbranched alkanes of at least 4 members (excludes halogenated alkanes) is 2. The summed E-state index contributed by atoms with van der Waals surface area (Å²) in [7, 11) is 0. The van der Waals surface area contributed by atoms with Crippen LogP contribution in [-0.2, 0) is 16.1 Å². The van der Waals surface area contributed by atoms with Crippen LogP contribution in [0.2, 0.25) is 0 Å². The van der Waals surface area contributed by atoms with Gasteiger partial charge in [0.05, 0.1) is 18.7 Å². The Hall–Kier alpha value is -3.00. The number of fused-ring (bicyclic) bond motifs is 1. The zero-order valence-corrected chi connectivity index (χ0v) is 19.5. The number of pyridine rings is 1. The van der Waals surface area contributed by atoms with Crippen molar-refractivity contribution in [2.75, 3.05) is 6.61 Å². The van der Waals surface area contributed by atoms with Crippen LogP contribution in [0.1, 0.15) is 55.1 Å². The second-order valence-corrected chi connectivity index (χ2v) is 8.24. The molecular formula is C24H25BrN2O5. The van der Waals surface area contributed by atoms with Crippen LogP contribution < -0.4 is 10.3 Å². The number of aromatic nitrogens is 2. The van der Waals surface area contributed by atoms with Crippen molar-refractivity contribution in [3.63, 3.8) is 0 Å². The summed E-state index contributed by atoms with van der Waals surface area (Å²) in [6.45, 7) is 2.67. The monoisotopic (exact) mass is 500 g/mol. The Morgan fingerprint density at radius 3 is 2.59 bits per heavy atom. The first-order valence-corrected chi connectivity index (χ1v) is 11.3. The largest absolute Gasteiger partial charge is 0.494 e. The molecule has 2 heterocycles. The minimum Gasteiger partial charge on any atom is -0.494 e. The van der Waals surface area contributed by atoms with Crippen LogP contribution in [0.5, 0.6) is 5.75 Å². The van der Waals surface area contributed by atoms with Gasteiger partial charge in [0.2, 0.25) is 0 Å². The number of ether oxygens (including phenoxy) is 2. The fourth-order valence-corrected chi connectivity index (χ4v) is 3.40. The van der Waals surface area contributed by atoms with E-state index in [9.17, 15) is 14.4 Å². The lowest BCUT2D eigenvalue weighted by Crippen LogP contribution is -2.16. The molecule has 0 atom stereocenters. The van der Waals surface area contributed by atoms with Crippen LogP contribution >= 0.6 is 15.9 Å². The molecule has 0 radical (unpaired) electrons. The number of ketones is 1. The Morgan fingerprint density at radius 2 is 1.84 bits per heavy atom. The van der Waals surface area contributed by atoms with Crippen molar-refractivity contribution < 1.29 is 19.1 Å². The Balaban J connectivity index is 1.46. The van der Waals surface area contributed by atoms with Gasteiger partial charge in [0.15, 0.2) is 5.78 Å². The summed E-state index contributed by atoms with van der Waals surface area (Å²) in [5.41, 5.74) is 1.07. The van der Waals surface area contributed by atoms with Gasteiger partial charge in [-0.3, -0.25) is 18.8 Å². The van der Waals surface area contributed by atoms with E-state index in [1.54, 1.807) is 42.6 Å². The molecule has 0 amide bonds. The second-order valence-electron chi connectivity index (χ2n) is 7.33. The molecule has 0 aliphatic rings. The molecule has 3 rings (SSSR count). The molecule has 168 valence electrons. The van der Waals surface area contributed by atoms with Gasteiger partial charge in [-0.05, 0) is 58.7 Å². The minimum atomic E-state index is -0.521. The zero-order valence-electron chi connectivity index (χ0n) is 17.9. The van der Waals surface area contributed by atoms with Gasteiger partial charge in [0.1, 0.15) is 18.0 Å². The fourth-order valence-electron chi connectivity index (χ4n) is 3.07. The molecule has 0 N–H and O–H groups in total. The first-order valence-electron chi connectivity index (χ1n) is 10.6. The Morgan fingerprint density at radius 1 is 1.06 bits per heavy atom. The van der Waals surface area contributed by atoms with Gasteiger partial charge in [-0.1, -0.05) is 19.8 Å². The van der Waals surface area contributed by atoms with Crippen molar-refractivity contribution in [1.29, 1.82) is 0 Å². The van der Waals surface area contributed by atoms with E-state index >= 15 is 0 Å². The number of Topliss-reactive ketones (excluding diaryl/α,β-unsaturated/α-hetero) is 1. The molecule has 32 heavy (non-hydrogen) atoms. The molecule has 0 aliphatic carbocycles. The van der Waals surface area contributed by atoms with Crippen LogP contribution in [0.25, 0.3) is 5.65 Å². The smallest absolute Gasteiger partial charge is 0.306 e. The molecule has 0 unspecified atom stereocenters. The number of nitrogens with zero attached hydrogens (tertiary/aromatic N) is 2. The lowest BCUT2D eigenvalue weighted by atomic mass is 10.1. The van der Waals surface area contributed by atoms with Crippen LogP contribution in [0, 0.1) is 0 Å². The van der Waals surface area contributed by atoms with E-state index < -0.39 is 5.97 Å². The highest BCUT2D eigenvalue weighted by Crippen LogP contribution is 2.15. The average molecular weight is 501 g/mol. The van der Waals surface area contributed by atoms with Gasteiger partial charge in [0, 0.05) is 28.7 Å². The number of halogens is 1. The Kier molecular flexibility index (Phi) is 8.56. The van der Waals surface area contributed by atoms with Gasteiger partial charge >= 0.3 is 5.97 Å². The van der Waals surface area contributed by atoms with Crippen LogP contribution in [0.3, 0.4) is 0 Å². The van der Waals surface area contributed by atoms with Crippen LogP contribution in [-0.4, -0.2) is 27.7 Å². The molecule has 0 fully saturated rings. The summed E-state index contributed by atoms with van der Waals surface area (Å²) < 4.78 is 13.0. The molecular weight excluding hydrogens is 476 g/mol.